The van der Waals surface area contributed by atoms with Crippen LogP contribution in [-0.4, -0.2) is 11.4 Å². The summed E-state index contributed by atoms with van der Waals surface area (Å²) in [7, 11) is 0. The van der Waals surface area contributed by atoms with E-state index in [1.807, 2.05) is 0 Å². The molecular weight excluding hydrogens is 225 g/mol. The van der Waals surface area contributed by atoms with Gasteiger partial charge in [0.25, 0.3) is 0 Å². The van der Waals surface area contributed by atoms with Crippen molar-refractivity contribution in [2.24, 2.45) is 0 Å². The van der Waals surface area contributed by atoms with Gasteiger partial charge in [-0.3, -0.25) is 0 Å². The summed E-state index contributed by atoms with van der Waals surface area (Å²) < 4.78 is 0. The minimum atomic E-state index is 0. The second-order valence-electron chi connectivity index (χ2n) is 4.76. The van der Waals surface area contributed by atoms with Gasteiger partial charge < -0.3 is 4.90 Å². The molecule has 0 bridgehead atoms. The first kappa shape index (κ1) is 14.3. The standard InChI is InChI=1S/C17H18N.Li/c1-2-13-18-16(14-9-5-3-6-10-14)17(18)15-11-7-4-8-12-15;/h3-12,16H,2,13H2,1H3;/q-1;+1. The molecule has 2 atom stereocenters. The van der Waals surface area contributed by atoms with Gasteiger partial charge in [0, 0.05) is 6.04 Å². The van der Waals surface area contributed by atoms with Gasteiger partial charge in [-0.1, -0.05) is 49.4 Å². The fraction of sp³-hybridized carbons (Fsp3) is 0.235. The second-order valence-corrected chi connectivity index (χ2v) is 4.76. The fourth-order valence-electron chi connectivity index (χ4n) is 2.63. The molecule has 0 N–H and O–H groups in total. The SMILES string of the molecule is CCCN1[C-](c2ccccc2)C1c1ccccc1.[Li+]. The summed E-state index contributed by atoms with van der Waals surface area (Å²) in [5.41, 5.74) is 2.77. The van der Waals surface area contributed by atoms with Crippen molar-refractivity contribution in [3.63, 3.8) is 0 Å². The summed E-state index contributed by atoms with van der Waals surface area (Å²) >= 11 is 0. The molecule has 1 heterocycles. The predicted octanol–water partition coefficient (Wildman–Crippen LogP) is 1.04. The van der Waals surface area contributed by atoms with Crippen LogP contribution < -0.4 is 18.9 Å². The van der Waals surface area contributed by atoms with Gasteiger partial charge in [0.15, 0.2) is 0 Å². The Morgan fingerprint density at radius 1 is 0.947 bits per heavy atom. The molecular formula is C17H18LiN. The summed E-state index contributed by atoms with van der Waals surface area (Å²) in [6, 6.07) is 23.5. The maximum atomic E-state index is 2.50. The first-order chi connectivity index (χ1) is 8.92. The molecule has 0 saturated carbocycles. The van der Waals surface area contributed by atoms with Crippen LogP contribution >= 0.6 is 0 Å². The Morgan fingerprint density at radius 3 is 2.11 bits per heavy atom. The molecule has 92 valence electrons. The van der Waals surface area contributed by atoms with E-state index in [0.29, 0.717) is 6.04 Å². The Bertz CT molecular complexity index is 452. The van der Waals surface area contributed by atoms with Crippen LogP contribution in [0.1, 0.15) is 30.5 Å². The van der Waals surface area contributed by atoms with Crippen LogP contribution in [0, 0.1) is 6.04 Å². The molecule has 1 aliphatic heterocycles. The average Bonchev–Trinajstić information content (AvgIpc) is 3.15. The smallest absolute Gasteiger partial charge is 0.327 e. The monoisotopic (exact) mass is 243 g/mol. The Balaban J connectivity index is 0.00000133. The quantitative estimate of drug-likeness (QED) is 0.440. The Morgan fingerprint density at radius 2 is 1.53 bits per heavy atom. The van der Waals surface area contributed by atoms with Crippen molar-refractivity contribution < 1.29 is 18.9 Å². The molecule has 0 spiro atoms. The third-order valence-corrected chi connectivity index (χ3v) is 3.46. The summed E-state index contributed by atoms with van der Waals surface area (Å²) in [5, 5.41) is 0. The van der Waals surface area contributed by atoms with Crippen LogP contribution in [-0.2, 0) is 0 Å². The van der Waals surface area contributed by atoms with Crippen molar-refractivity contribution in [3.05, 3.63) is 77.8 Å². The van der Waals surface area contributed by atoms with Gasteiger partial charge in [-0.25, -0.2) is 0 Å². The van der Waals surface area contributed by atoms with Crippen LogP contribution in [0.4, 0.5) is 0 Å². The van der Waals surface area contributed by atoms with Crippen molar-refractivity contribution in [1.29, 1.82) is 0 Å². The number of nitrogens with zero attached hydrogens (tertiary/aromatic N) is 1. The molecule has 2 aromatic carbocycles. The molecule has 0 aromatic heterocycles. The summed E-state index contributed by atoms with van der Waals surface area (Å²) in [6.45, 7) is 3.38. The first-order valence-corrected chi connectivity index (χ1v) is 6.65. The Labute approximate surface area is 127 Å². The number of benzene rings is 2. The van der Waals surface area contributed by atoms with Gasteiger partial charge in [0.2, 0.25) is 0 Å². The van der Waals surface area contributed by atoms with Crippen molar-refractivity contribution in [2.45, 2.75) is 19.4 Å². The summed E-state index contributed by atoms with van der Waals surface area (Å²) in [4.78, 5) is 2.50. The van der Waals surface area contributed by atoms with E-state index in [1.54, 1.807) is 0 Å². The maximum Gasteiger partial charge on any atom is 1.00 e. The largest absolute Gasteiger partial charge is 1.00 e. The average molecular weight is 243 g/mol. The Hall–Kier alpha value is -1.13. The van der Waals surface area contributed by atoms with E-state index in [-0.39, 0.29) is 18.9 Å². The van der Waals surface area contributed by atoms with Gasteiger partial charge >= 0.3 is 18.9 Å². The third kappa shape index (κ3) is 2.90. The molecule has 3 rings (SSSR count). The van der Waals surface area contributed by atoms with Gasteiger partial charge in [0.05, 0.1) is 0 Å². The van der Waals surface area contributed by atoms with Crippen LogP contribution in [0.5, 0.6) is 0 Å². The van der Waals surface area contributed by atoms with E-state index < -0.39 is 0 Å². The van der Waals surface area contributed by atoms with Crippen molar-refractivity contribution in [2.75, 3.05) is 6.54 Å². The zero-order valence-corrected chi connectivity index (χ0v) is 11.7. The van der Waals surface area contributed by atoms with Gasteiger partial charge in [-0.15, -0.1) is 12.1 Å². The van der Waals surface area contributed by atoms with E-state index >= 15 is 0 Å². The summed E-state index contributed by atoms with van der Waals surface area (Å²) in [5.74, 6) is 0. The number of rotatable bonds is 4. The van der Waals surface area contributed by atoms with E-state index in [9.17, 15) is 0 Å². The molecule has 2 aromatic rings. The van der Waals surface area contributed by atoms with Gasteiger partial charge in [0.1, 0.15) is 0 Å². The molecule has 0 aliphatic carbocycles. The molecule has 2 heteroatoms. The van der Waals surface area contributed by atoms with E-state index in [1.165, 1.54) is 23.6 Å². The number of hydrogen-bond donors (Lipinski definition) is 0. The maximum absolute atomic E-state index is 2.50. The van der Waals surface area contributed by atoms with Crippen LogP contribution in [0.2, 0.25) is 0 Å². The zero-order chi connectivity index (χ0) is 12.4. The van der Waals surface area contributed by atoms with Gasteiger partial charge in [-0.2, -0.15) is 17.7 Å². The predicted molar refractivity (Wildman–Crippen MR) is 75.0 cm³/mol. The molecule has 1 fully saturated rings. The first-order valence-electron chi connectivity index (χ1n) is 6.65. The van der Waals surface area contributed by atoms with E-state index in [0.717, 1.165) is 6.54 Å². The molecule has 1 nitrogen and oxygen atoms in total. The van der Waals surface area contributed by atoms with Gasteiger partial charge in [-0.05, 0) is 18.5 Å². The molecule has 0 amide bonds. The van der Waals surface area contributed by atoms with E-state index in [4.69, 9.17) is 0 Å². The zero-order valence-electron chi connectivity index (χ0n) is 11.7. The molecule has 1 aliphatic rings. The van der Waals surface area contributed by atoms with Crippen molar-refractivity contribution in [1.82, 2.24) is 4.90 Å². The number of hydrogen-bond acceptors (Lipinski definition) is 1. The topological polar surface area (TPSA) is 3.01 Å². The second kappa shape index (κ2) is 6.35. The molecule has 2 unspecified atom stereocenters. The van der Waals surface area contributed by atoms with E-state index in [2.05, 4.69) is 72.5 Å². The van der Waals surface area contributed by atoms with Crippen molar-refractivity contribution in [3.8, 4) is 0 Å². The third-order valence-electron chi connectivity index (χ3n) is 3.46. The minimum absolute atomic E-state index is 0. The van der Waals surface area contributed by atoms with Crippen LogP contribution in [0.25, 0.3) is 0 Å². The van der Waals surface area contributed by atoms with Crippen LogP contribution in [0.3, 0.4) is 0 Å². The molecule has 0 radical (unpaired) electrons. The molecule has 1 saturated heterocycles. The normalized spacial score (nSPS) is 20.8. The van der Waals surface area contributed by atoms with Crippen molar-refractivity contribution >= 4 is 0 Å². The minimum Gasteiger partial charge on any atom is -0.327 e. The summed E-state index contributed by atoms with van der Waals surface area (Å²) in [6.07, 6.45) is 1.19. The van der Waals surface area contributed by atoms with Crippen LogP contribution in [0.15, 0.2) is 60.7 Å². The Kier molecular flexibility index (Phi) is 4.77. The fourth-order valence-corrected chi connectivity index (χ4v) is 2.63. The molecule has 19 heavy (non-hydrogen) atoms.